The molecule has 2 aromatic carbocycles. The van der Waals surface area contributed by atoms with Gasteiger partial charge in [-0.2, -0.15) is 0 Å². The molecule has 0 N–H and O–H groups in total. The fraction of sp³-hybridized carbons (Fsp3) is 0.400. The Bertz CT molecular complexity index is 757. The third-order valence-electron chi connectivity index (χ3n) is 4.96. The van der Waals surface area contributed by atoms with Crippen molar-refractivity contribution in [2.75, 3.05) is 0 Å². The van der Waals surface area contributed by atoms with E-state index in [1.54, 1.807) is 0 Å². The molecular formula is C20H24BBrO3. The van der Waals surface area contributed by atoms with E-state index in [2.05, 4.69) is 68.7 Å². The van der Waals surface area contributed by atoms with E-state index in [-0.39, 0.29) is 18.3 Å². The number of ether oxygens (including phenoxy) is 1. The van der Waals surface area contributed by atoms with E-state index >= 15 is 0 Å². The Morgan fingerprint density at radius 1 is 1.00 bits per heavy atom. The van der Waals surface area contributed by atoms with Crippen LogP contribution in [0.15, 0.2) is 46.9 Å². The molecule has 0 atom stereocenters. The molecule has 0 amide bonds. The summed E-state index contributed by atoms with van der Waals surface area (Å²) in [6.45, 7) is 10.8. The van der Waals surface area contributed by atoms with E-state index in [1.807, 2.05) is 24.3 Å². The predicted molar refractivity (Wildman–Crippen MR) is 105 cm³/mol. The van der Waals surface area contributed by atoms with Crippen LogP contribution in [0.2, 0.25) is 0 Å². The first-order valence-electron chi connectivity index (χ1n) is 8.51. The fourth-order valence-corrected chi connectivity index (χ4v) is 3.05. The topological polar surface area (TPSA) is 27.7 Å². The van der Waals surface area contributed by atoms with Crippen LogP contribution >= 0.6 is 15.9 Å². The van der Waals surface area contributed by atoms with E-state index in [9.17, 15) is 0 Å². The van der Waals surface area contributed by atoms with Crippen LogP contribution in [0, 0.1) is 6.92 Å². The van der Waals surface area contributed by atoms with Gasteiger partial charge in [0.1, 0.15) is 12.4 Å². The van der Waals surface area contributed by atoms with Crippen LogP contribution in [-0.4, -0.2) is 18.3 Å². The SMILES string of the molecule is Cc1ccc(Br)c(OCc2cccc(B3OC(C)(C)C(C)(C)O3)c2)c1. The highest BCUT2D eigenvalue weighted by Gasteiger charge is 2.51. The molecule has 0 spiro atoms. The Hall–Kier alpha value is -1.30. The van der Waals surface area contributed by atoms with Crippen molar-refractivity contribution in [3.8, 4) is 5.75 Å². The summed E-state index contributed by atoms with van der Waals surface area (Å²) in [5.41, 5.74) is 2.60. The van der Waals surface area contributed by atoms with Gasteiger partial charge in [-0.25, -0.2) is 0 Å². The Labute approximate surface area is 159 Å². The smallest absolute Gasteiger partial charge is 0.488 e. The molecule has 3 rings (SSSR count). The van der Waals surface area contributed by atoms with Gasteiger partial charge in [0.05, 0.1) is 15.7 Å². The molecule has 5 heteroatoms. The van der Waals surface area contributed by atoms with Gasteiger partial charge in [-0.05, 0) is 79.3 Å². The lowest BCUT2D eigenvalue weighted by molar-refractivity contribution is 0.00578. The van der Waals surface area contributed by atoms with Gasteiger partial charge in [0.2, 0.25) is 0 Å². The lowest BCUT2D eigenvalue weighted by Crippen LogP contribution is -2.41. The average Bonchev–Trinajstić information content (AvgIpc) is 2.77. The number of hydrogen-bond acceptors (Lipinski definition) is 3. The minimum absolute atomic E-state index is 0.337. The van der Waals surface area contributed by atoms with Crippen molar-refractivity contribution >= 4 is 28.5 Å². The van der Waals surface area contributed by atoms with Crippen molar-refractivity contribution in [1.82, 2.24) is 0 Å². The summed E-state index contributed by atoms with van der Waals surface area (Å²) in [6, 6.07) is 14.3. The monoisotopic (exact) mass is 402 g/mol. The molecule has 0 aromatic heterocycles. The Balaban J connectivity index is 1.73. The molecule has 1 saturated heterocycles. The maximum atomic E-state index is 6.13. The molecule has 0 saturated carbocycles. The van der Waals surface area contributed by atoms with Crippen LogP contribution in [0.5, 0.6) is 5.75 Å². The van der Waals surface area contributed by atoms with Crippen molar-refractivity contribution in [3.63, 3.8) is 0 Å². The largest absolute Gasteiger partial charge is 0.494 e. The number of benzene rings is 2. The summed E-state index contributed by atoms with van der Waals surface area (Å²) in [5.74, 6) is 0.848. The van der Waals surface area contributed by atoms with Crippen LogP contribution < -0.4 is 10.2 Å². The van der Waals surface area contributed by atoms with Crippen LogP contribution in [0.25, 0.3) is 0 Å². The van der Waals surface area contributed by atoms with E-state index < -0.39 is 0 Å². The highest BCUT2D eigenvalue weighted by molar-refractivity contribution is 9.10. The summed E-state index contributed by atoms with van der Waals surface area (Å²) in [7, 11) is -0.351. The van der Waals surface area contributed by atoms with Gasteiger partial charge in [-0.1, -0.05) is 30.3 Å². The molecule has 0 radical (unpaired) electrons. The number of halogens is 1. The lowest BCUT2D eigenvalue weighted by atomic mass is 9.78. The van der Waals surface area contributed by atoms with Crippen LogP contribution in [0.3, 0.4) is 0 Å². The molecule has 0 bridgehead atoms. The normalized spacial score (nSPS) is 18.4. The first kappa shape index (κ1) is 18.5. The van der Waals surface area contributed by atoms with Gasteiger partial charge in [-0.15, -0.1) is 0 Å². The minimum Gasteiger partial charge on any atom is -0.488 e. The van der Waals surface area contributed by atoms with Gasteiger partial charge in [0.25, 0.3) is 0 Å². The summed E-state index contributed by atoms with van der Waals surface area (Å²) >= 11 is 3.53. The van der Waals surface area contributed by atoms with E-state index in [0.29, 0.717) is 6.61 Å². The minimum atomic E-state index is -0.351. The second-order valence-corrected chi connectivity index (χ2v) is 8.41. The van der Waals surface area contributed by atoms with Crippen molar-refractivity contribution in [2.24, 2.45) is 0 Å². The molecule has 1 aliphatic heterocycles. The summed E-state index contributed by atoms with van der Waals surface area (Å²) < 4.78 is 19.2. The van der Waals surface area contributed by atoms with Crippen LogP contribution in [0.1, 0.15) is 38.8 Å². The molecule has 132 valence electrons. The first-order valence-corrected chi connectivity index (χ1v) is 9.31. The van der Waals surface area contributed by atoms with Gasteiger partial charge >= 0.3 is 7.12 Å². The summed E-state index contributed by atoms with van der Waals surface area (Å²) in [4.78, 5) is 0. The van der Waals surface area contributed by atoms with Gasteiger partial charge < -0.3 is 14.0 Å². The third kappa shape index (κ3) is 3.94. The zero-order valence-electron chi connectivity index (χ0n) is 15.4. The first-order chi connectivity index (χ1) is 11.7. The number of hydrogen-bond donors (Lipinski definition) is 0. The maximum absolute atomic E-state index is 6.13. The van der Waals surface area contributed by atoms with Crippen molar-refractivity contribution < 1.29 is 14.0 Å². The van der Waals surface area contributed by atoms with E-state index in [1.165, 1.54) is 5.56 Å². The Morgan fingerprint density at radius 3 is 2.36 bits per heavy atom. The van der Waals surface area contributed by atoms with Gasteiger partial charge in [-0.3, -0.25) is 0 Å². The van der Waals surface area contributed by atoms with E-state index in [4.69, 9.17) is 14.0 Å². The average molecular weight is 403 g/mol. The van der Waals surface area contributed by atoms with Gasteiger partial charge in [0, 0.05) is 0 Å². The molecule has 1 heterocycles. The molecule has 3 nitrogen and oxygen atoms in total. The molecule has 2 aromatic rings. The fourth-order valence-electron chi connectivity index (χ4n) is 2.69. The van der Waals surface area contributed by atoms with Crippen molar-refractivity contribution in [2.45, 2.75) is 52.4 Å². The molecule has 25 heavy (non-hydrogen) atoms. The highest BCUT2D eigenvalue weighted by Crippen LogP contribution is 2.36. The third-order valence-corrected chi connectivity index (χ3v) is 5.61. The molecule has 1 aliphatic rings. The zero-order chi connectivity index (χ0) is 18.2. The highest BCUT2D eigenvalue weighted by atomic mass is 79.9. The Kier molecular flexibility index (Phi) is 5.02. The Morgan fingerprint density at radius 2 is 1.68 bits per heavy atom. The predicted octanol–water partition coefficient (Wildman–Crippen LogP) is 4.64. The molecule has 0 aliphatic carbocycles. The van der Waals surface area contributed by atoms with Crippen LogP contribution in [0.4, 0.5) is 0 Å². The number of rotatable bonds is 4. The molecule has 0 unspecified atom stereocenters. The second-order valence-electron chi connectivity index (χ2n) is 7.56. The van der Waals surface area contributed by atoms with E-state index in [0.717, 1.165) is 21.2 Å². The van der Waals surface area contributed by atoms with Crippen molar-refractivity contribution in [1.29, 1.82) is 0 Å². The molecular weight excluding hydrogens is 379 g/mol. The molecule has 1 fully saturated rings. The second kappa shape index (κ2) is 6.78. The van der Waals surface area contributed by atoms with Crippen molar-refractivity contribution in [3.05, 3.63) is 58.1 Å². The zero-order valence-corrected chi connectivity index (χ0v) is 17.0. The maximum Gasteiger partial charge on any atom is 0.494 e. The summed E-state index contributed by atoms with van der Waals surface area (Å²) in [6.07, 6.45) is 0. The quantitative estimate of drug-likeness (QED) is 0.697. The summed E-state index contributed by atoms with van der Waals surface area (Å²) in [5, 5.41) is 0. The number of aryl methyl sites for hydroxylation is 1. The standard InChI is InChI=1S/C20H24BBrO3/c1-14-9-10-17(22)18(11-14)23-13-15-7-6-8-16(12-15)21-24-19(2,3)20(4,5)25-21/h6-12H,13H2,1-5H3. The van der Waals surface area contributed by atoms with Gasteiger partial charge in [0.15, 0.2) is 0 Å². The van der Waals surface area contributed by atoms with Crippen LogP contribution in [-0.2, 0) is 15.9 Å². The lowest BCUT2D eigenvalue weighted by Gasteiger charge is -2.32.